The van der Waals surface area contributed by atoms with E-state index in [1.165, 1.54) is 0 Å². The molecule has 0 amide bonds. The molecule has 112 valence electrons. The molecule has 0 aromatic heterocycles. The van der Waals surface area contributed by atoms with Gasteiger partial charge in [-0.3, -0.25) is 4.79 Å². The predicted octanol–water partition coefficient (Wildman–Crippen LogP) is 4.75. The van der Waals surface area contributed by atoms with Crippen LogP contribution in [0.15, 0.2) is 40.9 Å². The number of hydrogen-bond donors (Lipinski definition) is 1. The van der Waals surface area contributed by atoms with Crippen LogP contribution in [0.2, 0.25) is 0 Å². The van der Waals surface area contributed by atoms with Crippen LogP contribution in [0, 0.1) is 0 Å². The average molecular weight is 350 g/mol. The highest BCUT2D eigenvalue weighted by Crippen LogP contribution is 2.29. The van der Waals surface area contributed by atoms with E-state index in [9.17, 15) is 4.79 Å². The molecule has 0 heterocycles. The molecule has 2 aromatic carbocycles. The first-order valence-electron chi connectivity index (χ1n) is 7.00. The summed E-state index contributed by atoms with van der Waals surface area (Å²) >= 11 is 3.55. The summed E-state index contributed by atoms with van der Waals surface area (Å²) in [5.41, 5.74) is 0.596. The summed E-state index contributed by atoms with van der Waals surface area (Å²) in [6.07, 6.45) is 0.349. The second-order valence-corrected chi connectivity index (χ2v) is 6.76. The Kier molecular flexibility index (Phi) is 4.88. The van der Waals surface area contributed by atoms with Crippen LogP contribution in [0.4, 0.5) is 5.69 Å². The number of nitrogens with one attached hydrogen (secondary N) is 1. The highest BCUT2D eigenvalue weighted by Gasteiger charge is 2.15. The number of hydrogen-bond acceptors (Lipinski definition) is 3. The molecule has 21 heavy (non-hydrogen) atoms. The Labute approximate surface area is 133 Å². The van der Waals surface area contributed by atoms with Crippen LogP contribution in [0.5, 0.6) is 0 Å². The van der Waals surface area contributed by atoms with E-state index in [4.69, 9.17) is 4.74 Å². The monoisotopic (exact) mass is 349 g/mol. The van der Waals surface area contributed by atoms with Gasteiger partial charge in [0, 0.05) is 22.1 Å². The van der Waals surface area contributed by atoms with E-state index in [0.717, 1.165) is 20.9 Å². The number of carbonyl (C=O) groups is 1. The van der Waals surface area contributed by atoms with Crippen molar-refractivity contribution in [2.24, 2.45) is 0 Å². The van der Waals surface area contributed by atoms with Gasteiger partial charge in [-0.1, -0.05) is 40.2 Å². The fourth-order valence-electron chi connectivity index (χ4n) is 2.11. The fraction of sp³-hybridized carbons (Fsp3) is 0.353. The number of anilines is 1. The Morgan fingerprint density at radius 1 is 1.14 bits per heavy atom. The fourth-order valence-corrected chi connectivity index (χ4v) is 2.59. The molecule has 2 rings (SSSR count). The standard InChI is InChI=1S/C17H20BrNO2/c1-17(2,3)21-16(20)10-11-19-15-9-8-14(18)12-6-4-5-7-13(12)15/h4-9,19H,10-11H2,1-3H3. The van der Waals surface area contributed by atoms with Crippen LogP contribution in [-0.4, -0.2) is 18.1 Å². The van der Waals surface area contributed by atoms with Crippen LogP contribution >= 0.6 is 15.9 Å². The first-order chi connectivity index (χ1) is 9.87. The summed E-state index contributed by atoms with van der Waals surface area (Å²) < 4.78 is 6.36. The second-order valence-electron chi connectivity index (χ2n) is 5.90. The summed E-state index contributed by atoms with van der Waals surface area (Å²) in [7, 11) is 0. The van der Waals surface area contributed by atoms with E-state index in [2.05, 4.69) is 33.4 Å². The summed E-state index contributed by atoms with van der Waals surface area (Å²) in [5.74, 6) is -0.184. The first kappa shape index (κ1) is 15.8. The predicted molar refractivity (Wildman–Crippen MR) is 90.6 cm³/mol. The van der Waals surface area contributed by atoms with Crippen molar-refractivity contribution in [3.63, 3.8) is 0 Å². The van der Waals surface area contributed by atoms with Crippen molar-refractivity contribution in [1.29, 1.82) is 0 Å². The van der Waals surface area contributed by atoms with Crippen molar-refractivity contribution in [1.82, 2.24) is 0 Å². The maximum atomic E-state index is 11.7. The Morgan fingerprint density at radius 3 is 2.48 bits per heavy atom. The molecule has 0 aliphatic carbocycles. The van der Waals surface area contributed by atoms with E-state index < -0.39 is 5.60 Å². The Bertz CT molecular complexity index is 647. The van der Waals surface area contributed by atoms with Crippen molar-refractivity contribution in [3.8, 4) is 0 Å². The van der Waals surface area contributed by atoms with E-state index in [1.807, 2.05) is 45.0 Å². The summed E-state index contributed by atoms with van der Waals surface area (Å²) in [6.45, 7) is 6.18. The number of rotatable bonds is 4. The molecule has 0 bridgehead atoms. The molecule has 0 aliphatic heterocycles. The molecule has 0 saturated heterocycles. The summed E-state index contributed by atoms with van der Waals surface area (Å²) in [4.78, 5) is 11.7. The van der Waals surface area contributed by atoms with Crippen LogP contribution in [0.3, 0.4) is 0 Å². The van der Waals surface area contributed by atoms with Gasteiger partial charge < -0.3 is 10.1 Å². The molecular weight excluding hydrogens is 330 g/mol. The molecule has 0 fully saturated rings. The highest BCUT2D eigenvalue weighted by molar-refractivity contribution is 9.10. The lowest BCUT2D eigenvalue weighted by Crippen LogP contribution is -2.25. The van der Waals surface area contributed by atoms with Crippen LogP contribution in [0.25, 0.3) is 10.8 Å². The molecular formula is C17H20BrNO2. The topological polar surface area (TPSA) is 38.3 Å². The first-order valence-corrected chi connectivity index (χ1v) is 7.79. The van der Waals surface area contributed by atoms with Crippen molar-refractivity contribution in [3.05, 3.63) is 40.9 Å². The maximum absolute atomic E-state index is 11.7. The average Bonchev–Trinajstić information content (AvgIpc) is 2.40. The third-order valence-electron chi connectivity index (χ3n) is 2.94. The lowest BCUT2D eigenvalue weighted by molar-refractivity contribution is -0.154. The number of ether oxygens (including phenoxy) is 1. The van der Waals surface area contributed by atoms with Gasteiger partial charge in [0.15, 0.2) is 0 Å². The van der Waals surface area contributed by atoms with E-state index >= 15 is 0 Å². The van der Waals surface area contributed by atoms with Gasteiger partial charge in [-0.25, -0.2) is 0 Å². The molecule has 2 aromatic rings. The Morgan fingerprint density at radius 2 is 1.81 bits per heavy atom. The quantitative estimate of drug-likeness (QED) is 0.809. The largest absolute Gasteiger partial charge is 0.460 e. The number of carbonyl (C=O) groups excluding carboxylic acids is 1. The number of benzene rings is 2. The van der Waals surface area contributed by atoms with Gasteiger partial charge in [0.2, 0.25) is 0 Å². The minimum atomic E-state index is -0.429. The Hall–Kier alpha value is -1.55. The van der Waals surface area contributed by atoms with Crippen LogP contribution in [0.1, 0.15) is 27.2 Å². The molecule has 0 unspecified atom stereocenters. The number of esters is 1. The van der Waals surface area contributed by atoms with Gasteiger partial charge >= 0.3 is 5.97 Å². The van der Waals surface area contributed by atoms with E-state index in [0.29, 0.717) is 13.0 Å². The van der Waals surface area contributed by atoms with Gasteiger partial charge in [0.25, 0.3) is 0 Å². The van der Waals surface area contributed by atoms with E-state index in [1.54, 1.807) is 0 Å². The minimum Gasteiger partial charge on any atom is -0.460 e. The molecule has 0 spiro atoms. The third kappa shape index (κ3) is 4.46. The minimum absolute atomic E-state index is 0.184. The van der Waals surface area contributed by atoms with Gasteiger partial charge in [-0.05, 0) is 38.3 Å². The smallest absolute Gasteiger partial charge is 0.308 e. The van der Waals surface area contributed by atoms with Crippen molar-refractivity contribution >= 4 is 38.4 Å². The SMILES string of the molecule is CC(C)(C)OC(=O)CCNc1ccc(Br)c2ccccc12. The molecule has 0 saturated carbocycles. The molecule has 0 atom stereocenters. The zero-order valence-electron chi connectivity index (χ0n) is 12.6. The summed E-state index contributed by atoms with van der Waals surface area (Å²) in [6, 6.07) is 12.2. The number of halogens is 1. The zero-order chi connectivity index (χ0) is 15.5. The normalized spacial score (nSPS) is 11.4. The van der Waals surface area contributed by atoms with Gasteiger partial charge in [-0.2, -0.15) is 0 Å². The van der Waals surface area contributed by atoms with Gasteiger partial charge in [0.05, 0.1) is 6.42 Å². The van der Waals surface area contributed by atoms with Crippen molar-refractivity contribution < 1.29 is 9.53 Å². The van der Waals surface area contributed by atoms with E-state index in [-0.39, 0.29) is 5.97 Å². The Balaban J connectivity index is 2.02. The molecule has 0 aliphatic rings. The number of fused-ring (bicyclic) bond motifs is 1. The maximum Gasteiger partial charge on any atom is 0.308 e. The van der Waals surface area contributed by atoms with Gasteiger partial charge in [-0.15, -0.1) is 0 Å². The summed E-state index contributed by atoms with van der Waals surface area (Å²) in [5, 5.41) is 5.60. The van der Waals surface area contributed by atoms with Crippen molar-refractivity contribution in [2.75, 3.05) is 11.9 Å². The zero-order valence-corrected chi connectivity index (χ0v) is 14.2. The molecule has 1 N–H and O–H groups in total. The molecule has 3 nitrogen and oxygen atoms in total. The lowest BCUT2D eigenvalue weighted by Gasteiger charge is -2.19. The third-order valence-corrected chi connectivity index (χ3v) is 3.63. The van der Waals surface area contributed by atoms with Crippen LogP contribution < -0.4 is 5.32 Å². The molecule has 0 radical (unpaired) electrons. The van der Waals surface area contributed by atoms with Gasteiger partial charge in [0.1, 0.15) is 5.60 Å². The van der Waals surface area contributed by atoms with Crippen LogP contribution in [-0.2, 0) is 9.53 Å². The second kappa shape index (κ2) is 6.48. The molecule has 4 heteroatoms. The lowest BCUT2D eigenvalue weighted by atomic mass is 10.1. The van der Waals surface area contributed by atoms with Crippen molar-refractivity contribution in [2.45, 2.75) is 32.8 Å². The highest BCUT2D eigenvalue weighted by atomic mass is 79.9.